The van der Waals surface area contributed by atoms with Crippen LogP contribution in [0.1, 0.15) is 12.5 Å². The molecule has 32 heavy (non-hydrogen) atoms. The largest absolute Gasteiger partial charge is 0.334 e. The number of carbonyl (C=O) groups excluding carboxylic acids is 2. The van der Waals surface area contributed by atoms with Crippen molar-refractivity contribution in [3.8, 4) is 11.3 Å². The fourth-order valence-corrected chi connectivity index (χ4v) is 4.13. The summed E-state index contributed by atoms with van der Waals surface area (Å²) in [6, 6.07) is 26.7. The summed E-state index contributed by atoms with van der Waals surface area (Å²) in [6.07, 6.45) is 0. The van der Waals surface area contributed by atoms with Crippen molar-refractivity contribution in [2.75, 3.05) is 0 Å². The molecule has 6 nitrogen and oxygen atoms in total. The molecule has 0 saturated carbocycles. The molecule has 4 rings (SSSR count). The number of fused-ring (bicyclic) bond motifs is 1. The Bertz CT molecular complexity index is 1230. The van der Waals surface area contributed by atoms with Crippen LogP contribution >= 0.6 is 11.8 Å². The Hall–Kier alpha value is -3.71. The summed E-state index contributed by atoms with van der Waals surface area (Å²) in [5.41, 5.74) is 2.73. The van der Waals surface area contributed by atoms with Crippen LogP contribution < -0.4 is 10.6 Å². The lowest BCUT2D eigenvalue weighted by Crippen LogP contribution is -2.42. The number of aromatic nitrogens is 2. The van der Waals surface area contributed by atoms with E-state index in [9.17, 15) is 9.59 Å². The Kier molecular flexibility index (Phi) is 6.77. The van der Waals surface area contributed by atoms with Gasteiger partial charge in [0.1, 0.15) is 10.7 Å². The van der Waals surface area contributed by atoms with Crippen LogP contribution in [0.3, 0.4) is 0 Å². The fraction of sp³-hybridized carbons (Fsp3) is 0.120. The number of amides is 3. The molecule has 4 aromatic rings. The standard InChI is InChI=1S/C25H22N4O2S/c1-17(23(30)27-25(31)26-16-18-10-4-2-5-11-18)32-24-21-15-9-8-14-20(21)22(28-29-24)19-12-6-3-7-13-19/h2-15,17H,16H2,1H3,(H2,26,27,30,31). The Labute approximate surface area is 190 Å². The third kappa shape index (κ3) is 5.12. The van der Waals surface area contributed by atoms with E-state index in [0.29, 0.717) is 11.6 Å². The molecule has 0 fully saturated rings. The smallest absolute Gasteiger partial charge is 0.321 e. The summed E-state index contributed by atoms with van der Waals surface area (Å²) in [4.78, 5) is 24.7. The molecule has 1 heterocycles. The van der Waals surface area contributed by atoms with Gasteiger partial charge in [-0.3, -0.25) is 10.1 Å². The number of hydrogen-bond acceptors (Lipinski definition) is 5. The third-order valence-electron chi connectivity index (χ3n) is 4.89. The molecule has 0 spiro atoms. The highest BCUT2D eigenvalue weighted by Gasteiger charge is 2.20. The number of benzene rings is 3. The van der Waals surface area contributed by atoms with Gasteiger partial charge in [-0.1, -0.05) is 96.7 Å². The topological polar surface area (TPSA) is 84.0 Å². The Morgan fingerprint density at radius 1 is 0.844 bits per heavy atom. The van der Waals surface area contributed by atoms with Gasteiger partial charge in [0, 0.05) is 22.9 Å². The molecular weight excluding hydrogens is 420 g/mol. The van der Waals surface area contributed by atoms with Crippen molar-refractivity contribution < 1.29 is 9.59 Å². The maximum absolute atomic E-state index is 12.6. The summed E-state index contributed by atoms with van der Waals surface area (Å²) in [6.45, 7) is 2.09. The molecule has 2 N–H and O–H groups in total. The van der Waals surface area contributed by atoms with E-state index < -0.39 is 17.2 Å². The Morgan fingerprint density at radius 3 is 2.19 bits per heavy atom. The van der Waals surface area contributed by atoms with E-state index in [-0.39, 0.29) is 0 Å². The summed E-state index contributed by atoms with van der Waals surface area (Å²) < 4.78 is 0. The van der Waals surface area contributed by atoms with Crippen molar-refractivity contribution in [3.63, 3.8) is 0 Å². The fourth-order valence-electron chi connectivity index (χ4n) is 3.23. The zero-order valence-electron chi connectivity index (χ0n) is 17.5. The summed E-state index contributed by atoms with van der Waals surface area (Å²) in [5.74, 6) is -0.390. The first kappa shape index (κ1) is 21.5. The van der Waals surface area contributed by atoms with Crippen molar-refractivity contribution >= 4 is 34.5 Å². The van der Waals surface area contributed by atoms with Crippen LogP contribution in [0.15, 0.2) is 90.0 Å². The van der Waals surface area contributed by atoms with Crippen LogP contribution in [0.2, 0.25) is 0 Å². The zero-order chi connectivity index (χ0) is 22.3. The van der Waals surface area contributed by atoms with Crippen molar-refractivity contribution in [1.82, 2.24) is 20.8 Å². The second kappa shape index (κ2) is 10.1. The first-order valence-corrected chi connectivity index (χ1v) is 11.1. The molecule has 7 heteroatoms. The Morgan fingerprint density at radius 2 is 1.47 bits per heavy atom. The van der Waals surface area contributed by atoms with Gasteiger partial charge < -0.3 is 5.32 Å². The molecule has 1 aromatic heterocycles. The Balaban J connectivity index is 1.45. The molecule has 1 atom stereocenters. The molecule has 0 saturated heterocycles. The van der Waals surface area contributed by atoms with E-state index >= 15 is 0 Å². The van der Waals surface area contributed by atoms with Crippen LogP contribution in [0.5, 0.6) is 0 Å². The first-order chi connectivity index (χ1) is 15.6. The first-order valence-electron chi connectivity index (χ1n) is 10.2. The quantitative estimate of drug-likeness (QED) is 0.419. The lowest BCUT2D eigenvalue weighted by Gasteiger charge is -2.13. The SMILES string of the molecule is CC(Sc1nnc(-c2ccccc2)c2ccccc12)C(=O)NC(=O)NCc1ccccc1. The maximum atomic E-state index is 12.6. The normalized spacial score (nSPS) is 11.7. The number of urea groups is 1. The van der Waals surface area contributed by atoms with Gasteiger partial charge >= 0.3 is 6.03 Å². The average Bonchev–Trinajstić information content (AvgIpc) is 2.84. The monoisotopic (exact) mass is 442 g/mol. The van der Waals surface area contributed by atoms with Crippen LogP contribution in [0.25, 0.3) is 22.0 Å². The lowest BCUT2D eigenvalue weighted by molar-refractivity contribution is -0.119. The van der Waals surface area contributed by atoms with Gasteiger partial charge in [-0.15, -0.1) is 10.2 Å². The van der Waals surface area contributed by atoms with E-state index in [2.05, 4.69) is 20.8 Å². The van der Waals surface area contributed by atoms with Gasteiger partial charge in [0.25, 0.3) is 0 Å². The lowest BCUT2D eigenvalue weighted by atomic mass is 10.1. The second-order valence-electron chi connectivity index (χ2n) is 7.18. The number of thioether (sulfide) groups is 1. The van der Waals surface area contributed by atoms with E-state index in [1.54, 1.807) is 6.92 Å². The van der Waals surface area contributed by atoms with E-state index in [0.717, 1.165) is 27.6 Å². The van der Waals surface area contributed by atoms with Gasteiger partial charge in [0.2, 0.25) is 5.91 Å². The van der Waals surface area contributed by atoms with Gasteiger partial charge in [-0.25, -0.2) is 4.79 Å². The number of hydrogen-bond donors (Lipinski definition) is 2. The average molecular weight is 443 g/mol. The number of imide groups is 1. The van der Waals surface area contributed by atoms with E-state index in [4.69, 9.17) is 0 Å². The van der Waals surface area contributed by atoms with Gasteiger partial charge in [0.05, 0.1) is 5.25 Å². The minimum Gasteiger partial charge on any atom is -0.334 e. The van der Waals surface area contributed by atoms with Crippen LogP contribution in [-0.4, -0.2) is 27.4 Å². The predicted octanol–water partition coefficient (Wildman–Crippen LogP) is 4.80. The van der Waals surface area contributed by atoms with Crippen molar-refractivity contribution in [3.05, 3.63) is 90.5 Å². The van der Waals surface area contributed by atoms with Gasteiger partial charge in [-0.05, 0) is 12.5 Å². The highest BCUT2D eigenvalue weighted by molar-refractivity contribution is 8.00. The number of nitrogens with zero attached hydrogens (tertiary/aromatic N) is 2. The molecule has 0 aliphatic heterocycles. The van der Waals surface area contributed by atoms with Crippen LogP contribution in [0.4, 0.5) is 4.79 Å². The molecule has 160 valence electrons. The van der Waals surface area contributed by atoms with Crippen LogP contribution in [0, 0.1) is 0 Å². The van der Waals surface area contributed by atoms with Crippen LogP contribution in [-0.2, 0) is 11.3 Å². The number of carbonyl (C=O) groups is 2. The molecular formula is C25H22N4O2S. The predicted molar refractivity (Wildman–Crippen MR) is 127 cm³/mol. The van der Waals surface area contributed by atoms with Gasteiger partial charge in [0.15, 0.2) is 0 Å². The highest BCUT2D eigenvalue weighted by atomic mass is 32.2. The van der Waals surface area contributed by atoms with E-state index in [1.807, 2.05) is 84.9 Å². The molecule has 0 bridgehead atoms. The number of nitrogens with one attached hydrogen (secondary N) is 2. The minimum atomic E-state index is -0.530. The summed E-state index contributed by atoms with van der Waals surface area (Å²) >= 11 is 1.28. The second-order valence-corrected chi connectivity index (χ2v) is 8.51. The molecule has 3 aromatic carbocycles. The van der Waals surface area contributed by atoms with Crippen molar-refractivity contribution in [2.24, 2.45) is 0 Å². The molecule has 0 aliphatic rings. The highest BCUT2D eigenvalue weighted by Crippen LogP contribution is 2.33. The maximum Gasteiger partial charge on any atom is 0.321 e. The molecule has 3 amide bonds. The summed E-state index contributed by atoms with van der Waals surface area (Å²) in [5, 5.41) is 15.9. The van der Waals surface area contributed by atoms with Crippen molar-refractivity contribution in [1.29, 1.82) is 0 Å². The zero-order valence-corrected chi connectivity index (χ0v) is 18.3. The van der Waals surface area contributed by atoms with Gasteiger partial charge in [-0.2, -0.15) is 0 Å². The van der Waals surface area contributed by atoms with Crippen molar-refractivity contribution in [2.45, 2.75) is 23.7 Å². The molecule has 0 aliphatic carbocycles. The molecule has 0 radical (unpaired) electrons. The summed E-state index contributed by atoms with van der Waals surface area (Å²) in [7, 11) is 0. The number of rotatable bonds is 6. The third-order valence-corrected chi connectivity index (χ3v) is 5.98. The minimum absolute atomic E-state index is 0.346. The molecule has 1 unspecified atom stereocenters. The van der Waals surface area contributed by atoms with E-state index in [1.165, 1.54) is 11.8 Å².